The molecule has 0 aliphatic rings. The van der Waals surface area contributed by atoms with Crippen molar-refractivity contribution in [1.82, 2.24) is 5.32 Å². The monoisotopic (exact) mass is 295 g/mol. The van der Waals surface area contributed by atoms with Crippen molar-refractivity contribution in [1.29, 1.82) is 0 Å². The van der Waals surface area contributed by atoms with E-state index in [0.717, 1.165) is 24.7 Å². The SMILES string of the molecule is CCNC(C)c1ccc(OCC)c(CSC(C)(C)C)c1. The zero-order chi connectivity index (χ0) is 15.2. The van der Waals surface area contributed by atoms with Gasteiger partial charge in [-0.3, -0.25) is 0 Å². The van der Waals surface area contributed by atoms with E-state index >= 15 is 0 Å². The Hall–Kier alpha value is -0.670. The summed E-state index contributed by atoms with van der Waals surface area (Å²) in [6, 6.07) is 6.96. The van der Waals surface area contributed by atoms with Gasteiger partial charge in [0, 0.05) is 22.1 Å². The van der Waals surface area contributed by atoms with Gasteiger partial charge in [-0.2, -0.15) is 11.8 Å². The number of hydrogen-bond donors (Lipinski definition) is 1. The van der Waals surface area contributed by atoms with E-state index < -0.39 is 0 Å². The molecular weight excluding hydrogens is 266 g/mol. The molecule has 0 saturated carbocycles. The minimum atomic E-state index is 0.271. The van der Waals surface area contributed by atoms with Crippen LogP contribution in [0.4, 0.5) is 0 Å². The smallest absolute Gasteiger partial charge is 0.123 e. The van der Waals surface area contributed by atoms with Gasteiger partial charge in [-0.15, -0.1) is 0 Å². The summed E-state index contributed by atoms with van der Waals surface area (Å²) in [6.45, 7) is 14.8. The first-order valence-corrected chi connectivity index (χ1v) is 8.49. The number of thioether (sulfide) groups is 1. The van der Waals surface area contributed by atoms with Gasteiger partial charge in [-0.05, 0) is 38.1 Å². The summed E-state index contributed by atoms with van der Waals surface area (Å²) in [5.74, 6) is 2.02. The molecule has 3 heteroatoms. The largest absolute Gasteiger partial charge is 0.494 e. The van der Waals surface area contributed by atoms with Crippen LogP contribution in [-0.2, 0) is 5.75 Å². The van der Waals surface area contributed by atoms with Crippen molar-refractivity contribution in [2.45, 2.75) is 58.1 Å². The highest BCUT2D eigenvalue weighted by Gasteiger charge is 2.14. The van der Waals surface area contributed by atoms with Crippen LogP contribution in [-0.4, -0.2) is 17.9 Å². The molecule has 1 atom stereocenters. The van der Waals surface area contributed by atoms with Gasteiger partial charge in [0.1, 0.15) is 5.75 Å². The standard InChI is InChI=1S/C17H29NOS/c1-7-18-13(3)14-9-10-16(19-8-2)15(11-14)12-20-17(4,5)6/h9-11,13,18H,7-8,12H2,1-6H3. The Morgan fingerprint density at radius 2 is 1.95 bits per heavy atom. The first-order chi connectivity index (χ1) is 9.37. The first kappa shape index (κ1) is 17.4. The Balaban J connectivity index is 2.93. The molecule has 0 fully saturated rings. The lowest BCUT2D eigenvalue weighted by atomic mass is 10.0. The van der Waals surface area contributed by atoms with Crippen LogP contribution in [0.25, 0.3) is 0 Å². The van der Waals surface area contributed by atoms with Crippen LogP contribution in [0.3, 0.4) is 0 Å². The maximum Gasteiger partial charge on any atom is 0.123 e. The second-order valence-electron chi connectivity index (χ2n) is 5.98. The van der Waals surface area contributed by atoms with Crippen molar-refractivity contribution in [3.63, 3.8) is 0 Å². The van der Waals surface area contributed by atoms with Crippen molar-refractivity contribution in [2.24, 2.45) is 0 Å². The van der Waals surface area contributed by atoms with Crippen molar-refractivity contribution in [3.8, 4) is 5.75 Å². The fraction of sp³-hybridized carbons (Fsp3) is 0.647. The van der Waals surface area contributed by atoms with E-state index in [9.17, 15) is 0 Å². The minimum Gasteiger partial charge on any atom is -0.494 e. The van der Waals surface area contributed by atoms with E-state index in [1.807, 2.05) is 18.7 Å². The highest BCUT2D eigenvalue weighted by atomic mass is 32.2. The van der Waals surface area contributed by atoms with Gasteiger partial charge in [-0.1, -0.05) is 33.8 Å². The summed E-state index contributed by atoms with van der Waals surface area (Å²) in [5, 5.41) is 3.47. The van der Waals surface area contributed by atoms with E-state index in [4.69, 9.17) is 4.74 Å². The molecule has 1 aromatic rings. The number of ether oxygens (including phenoxy) is 1. The van der Waals surface area contributed by atoms with Gasteiger partial charge in [0.25, 0.3) is 0 Å². The lowest BCUT2D eigenvalue weighted by Gasteiger charge is -2.20. The fourth-order valence-corrected chi connectivity index (χ4v) is 2.81. The molecule has 1 unspecified atom stereocenters. The van der Waals surface area contributed by atoms with Crippen LogP contribution in [0, 0.1) is 0 Å². The number of nitrogens with one attached hydrogen (secondary N) is 1. The molecule has 0 radical (unpaired) electrons. The Kier molecular flexibility index (Phi) is 6.90. The topological polar surface area (TPSA) is 21.3 Å². The molecule has 1 aromatic carbocycles. The van der Waals surface area contributed by atoms with E-state index in [-0.39, 0.29) is 4.75 Å². The maximum atomic E-state index is 5.76. The van der Waals surface area contributed by atoms with Crippen molar-refractivity contribution >= 4 is 11.8 Å². The Labute approximate surface area is 128 Å². The molecule has 0 aromatic heterocycles. The summed E-state index contributed by atoms with van der Waals surface area (Å²) in [5.41, 5.74) is 2.63. The van der Waals surface area contributed by atoms with Gasteiger partial charge in [0.05, 0.1) is 6.61 Å². The van der Waals surface area contributed by atoms with Crippen molar-refractivity contribution in [3.05, 3.63) is 29.3 Å². The highest BCUT2D eigenvalue weighted by molar-refractivity contribution is 7.99. The third-order valence-corrected chi connectivity index (χ3v) is 4.38. The first-order valence-electron chi connectivity index (χ1n) is 7.50. The van der Waals surface area contributed by atoms with Crippen molar-refractivity contribution in [2.75, 3.05) is 13.2 Å². The molecule has 0 aliphatic carbocycles. The molecular formula is C17H29NOS. The predicted octanol–water partition coefficient (Wildman–Crippen LogP) is 4.79. The zero-order valence-electron chi connectivity index (χ0n) is 13.7. The average Bonchev–Trinajstić information content (AvgIpc) is 2.37. The van der Waals surface area contributed by atoms with E-state index in [1.165, 1.54) is 11.1 Å². The van der Waals surface area contributed by atoms with Gasteiger partial charge in [0.2, 0.25) is 0 Å². The van der Waals surface area contributed by atoms with Crippen LogP contribution in [0.15, 0.2) is 18.2 Å². The van der Waals surface area contributed by atoms with E-state index in [0.29, 0.717) is 6.04 Å². The van der Waals surface area contributed by atoms with Crippen molar-refractivity contribution < 1.29 is 4.74 Å². The molecule has 0 amide bonds. The molecule has 2 nitrogen and oxygen atoms in total. The quantitative estimate of drug-likeness (QED) is 0.781. The summed E-state index contributed by atoms with van der Waals surface area (Å²) in [4.78, 5) is 0. The molecule has 0 saturated heterocycles. The van der Waals surface area contributed by atoms with Crippen LogP contribution < -0.4 is 10.1 Å². The predicted molar refractivity (Wildman–Crippen MR) is 90.8 cm³/mol. The molecule has 0 spiro atoms. The van der Waals surface area contributed by atoms with Gasteiger partial charge < -0.3 is 10.1 Å². The lowest BCUT2D eigenvalue weighted by Crippen LogP contribution is -2.18. The number of hydrogen-bond acceptors (Lipinski definition) is 3. The normalized spacial score (nSPS) is 13.3. The van der Waals surface area contributed by atoms with E-state index in [2.05, 4.69) is 58.1 Å². The Bertz CT molecular complexity index is 412. The molecule has 114 valence electrons. The molecule has 1 N–H and O–H groups in total. The van der Waals surface area contributed by atoms with E-state index in [1.54, 1.807) is 0 Å². The average molecular weight is 295 g/mol. The second-order valence-corrected chi connectivity index (χ2v) is 7.78. The summed E-state index contributed by atoms with van der Waals surface area (Å²) in [7, 11) is 0. The van der Waals surface area contributed by atoms with Gasteiger partial charge in [0.15, 0.2) is 0 Å². The Morgan fingerprint density at radius 1 is 1.25 bits per heavy atom. The summed E-state index contributed by atoms with van der Waals surface area (Å²) in [6.07, 6.45) is 0. The number of rotatable bonds is 7. The summed E-state index contributed by atoms with van der Waals surface area (Å²) >= 11 is 1.96. The number of benzene rings is 1. The third-order valence-electron chi connectivity index (χ3n) is 3.06. The van der Waals surface area contributed by atoms with Crippen LogP contribution in [0.2, 0.25) is 0 Å². The molecule has 0 aliphatic heterocycles. The van der Waals surface area contributed by atoms with Gasteiger partial charge >= 0.3 is 0 Å². The molecule has 0 bridgehead atoms. The highest BCUT2D eigenvalue weighted by Crippen LogP contribution is 2.32. The van der Waals surface area contributed by atoms with Crippen LogP contribution >= 0.6 is 11.8 Å². The second kappa shape index (κ2) is 7.94. The summed E-state index contributed by atoms with van der Waals surface area (Å²) < 4.78 is 6.03. The third kappa shape index (κ3) is 5.76. The van der Waals surface area contributed by atoms with Crippen LogP contribution in [0.5, 0.6) is 5.75 Å². The lowest BCUT2D eigenvalue weighted by molar-refractivity contribution is 0.337. The fourth-order valence-electron chi connectivity index (χ4n) is 2.00. The molecule has 0 heterocycles. The maximum absolute atomic E-state index is 5.76. The van der Waals surface area contributed by atoms with Crippen LogP contribution in [0.1, 0.15) is 58.7 Å². The molecule has 20 heavy (non-hydrogen) atoms. The Morgan fingerprint density at radius 3 is 2.50 bits per heavy atom. The molecule has 1 rings (SSSR count). The minimum absolute atomic E-state index is 0.271. The zero-order valence-corrected chi connectivity index (χ0v) is 14.6. The van der Waals surface area contributed by atoms with Gasteiger partial charge in [-0.25, -0.2) is 0 Å².